The highest BCUT2D eigenvalue weighted by molar-refractivity contribution is 6.01. The third-order valence-electron chi connectivity index (χ3n) is 5.34. The zero-order valence-corrected chi connectivity index (χ0v) is 13.5. The maximum absolute atomic E-state index is 4.51. The largest absolute Gasteiger partial charge is 0.368 e. The summed E-state index contributed by atoms with van der Waals surface area (Å²) < 4.78 is 0. The van der Waals surface area contributed by atoms with Crippen LogP contribution in [0, 0.1) is 0 Å². The molecule has 2 fully saturated rings. The normalized spacial score (nSPS) is 21.3. The highest BCUT2D eigenvalue weighted by Crippen LogP contribution is 2.35. The molecule has 6 nitrogen and oxygen atoms in total. The summed E-state index contributed by atoms with van der Waals surface area (Å²) in [4.78, 5) is 21.4. The number of H-pyrrole nitrogens is 1. The summed E-state index contributed by atoms with van der Waals surface area (Å²) in [6.07, 6.45) is 9.95. The zero-order chi connectivity index (χ0) is 15.9. The van der Waals surface area contributed by atoms with E-state index >= 15 is 0 Å². The fraction of sp³-hybridized carbons (Fsp3) is 0.389. The summed E-state index contributed by atoms with van der Waals surface area (Å²) in [6, 6.07) is 4.79. The number of hydrogen-bond acceptors (Lipinski definition) is 5. The molecule has 0 bridgehead atoms. The van der Waals surface area contributed by atoms with Gasteiger partial charge in [-0.3, -0.25) is 4.90 Å². The Kier molecular flexibility index (Phi) is 3.23. The topological polar surface area (TPSA) is 60.9 Å². The summed E-state index contributed by atoms with van der Waals surface area (Å²) in [5.74, 6) is 0. The Balaban J connectivity index is 1.60. The summed E-state index contributed by atoms with van der Waals surface area (Å²) >= 11 is 0. The van der Waals surface area contributed by atoms with Crippen molar-refractivity contribution in [1.82, 2.24) is 24.8 Å². The maximum atomic E-state index is 4.51. The fourth-order valence-electron chi connectivity index (χ4n) is 4.16. The molecule has 0 spiro atoms. The van der Waals surface area contributed by atoms with Gasteiger partial charge in [0.05, 0.1) is 16.8 Å². The van der Waals surface area contributed by atoms with Crippen LogP contribution in [0.1, 0.15) is 12.8 Å². The fourth-order valence-corrected chi connectivity index (χ4v) is 4.16. The van der Waals surface area contributed by atoms with Gasteiger partial charge in [0, 0.05) is 49.8 Å². The molecular weight excluding hydrogens is 300 g/mol. The number of nitrogens with one attached hydrogen (secondary N) is 1. The van der Waals surface area contributed by atoms with E-state index in [0.29, 0.717) is 6.04 Å². The number of piperazine rings is 1. The number of fused-ring (bicyclic) bond motifs is 2. The molecule has 5 rings (SSSR count). The van der Waals surface area contributed by atoms with Gasteiger partial charge in [-0.25, -0.2) is 15.0 Å². The first kappa shape index (κ1) is 13.9. The van der Waals surface area contributed by atoms with Gasteiger partial charge in [-0.2, -0.15) is 0 Å². The predicted molar refractivity (Wildman–Crippen MR) is 93.9 cm³/mol. The summed E-state index contributed by atoms with van der Waals surface area (Å²) in [5, 5.41) is 1.17. The molecule has 1 atom stereocenters. The second-order valence-electron chi connectivity index (χ2n) is 6.63. The van der Waals surface area contributed by atoms with Crippen LogP contribution in [-0.2, 0) is 0 Å². The van der Waals surface area contributed by atoms with E-state index in [-0.39, 0.29) is 0 Å². The first-order valence-corrected chi connectivity index (χ1v) is 8.61. The van der Waals surface area contributed by atoms with Crippen molar-refractivity contribution in [2.24, 2.45) is 0 Å². The van der Waals surface area contributed by atoms with Crippen molar-refractivity contribution in [2.45, 2.75) is 18.9 Å². The van der Waals surface area contributed by atoms with Crippen LogP contribution in [0.25, 0.3) is 22.3 Å². The third-order valence-corrected chi connectivity index (χ3v) is 5.34. The third kappa shape index (κ3) is 2.17. The molecule has 0 saturated carbocycles. The molecule has 1 N–H and O–H groups in total. The van der Waals surface area contributed by atoms with Crippen molar-refractivity contribution >= 4 is 16.7 Å². The maximum Gasteiger partial charge on any atom is 0.140 e. The second kappa shape index (κ2) is 5.56. The molecule has 6 heteroatoms. The minimum atomic E-state index is 0.698. The molecule has 2 aliphatic heterocycles. The average Bonchev–Trinajstić information content (AvgIpc) is 3.28. The first-order chi connectivity index (χ1) is 11.9. The van der Waals surface area contributed by atoms with Gasteiger partial charge in [0.15, 0.2) is 0 Å². The predicted octanol–water partition coefficient (Wildman–Crippen LogP) is 2.30. The van der Waals surface area contributed by atoms with Crippen LogP contribution in [0.3, 0.4) is 0 Å². The molecule has 3 aromatic heterocycles. The second-order valence-corrected chi connectivity index (χ2v) is 6.63. The van der Waals surface area contributed by atoms with Gasteiger partial charge in [0.1, 0.15) is 12.0 Å². The molecule has 0 aliphatic carbocycles. The van der Waals surface area contributed by atoms with E-state index in [1.54, 1.807) is 12.5 Å². The Labute approximate surface area is 140 Å². The molecule has 24 heavy (non-hydrogen) atoms. The monoisotopic (exact) mass is 320 g/mol. The standard InChI is InChI=1S/C18H20N6/c1-2-13-11-24(9-8-23(13)7-1)16-4-6-20-18-17(16)14(10-21-18)15-3-5-19-12-22-15/h3-6,10,12-13H,1-2,7-9,11H2,(H,20,21). The first-order valence-electron chi connectivity index (χ1n) is 8.61. The molecule has 0 amide bonds. The molecule has 1 unspecified atom stereocenters. The van der Waals surface area contributed by atoms with Gasteiger partial charge in [-0.05, 0) is 31.5 Å². The lowest BCUT2D eigenvalue weighted by molar-refractivity contribution is 0.231. The van der Waals surface area contributed by atoms with Crippen LogP contribution in [0.2, 0.25) is 0 Å². The number of hydrogen-bond donors (Lipinski definition) is 1. The number of nitrogens with zero attached hydrogens (tertiary/aromatic N) is 5. The van der Waals surface area contributed by atoms with Crippen molar-refractivity contribution < 1.29 is 0 Å². The molecule has 2 aliphatic rings. The molecule has 0 radical (unpaired) electrons. The van der Waals surface area contributed by atoms with Gasteiger partial charge >= 0.3 is 0 Å². The Morgan fingerprint density at radius 1 is 1.08 bits per heavy atom. The van der Waals surface area contributed by atoms with Gasteiger partial charge in [-0.15, -0.1) is 0 Å². The van der Waals surface area contributed by atoms with E-state index in [4.69, 9.17) is 0 Å². The van der Waals surface area contributed by atoms with Crippen LogP contribution in [0.4, 0.5) is 5.69 Å². The van der Waals surface area contributed by atoms with Crippen LogP contribution in [0.5, 0.6) is 0 Å². The Morgan fingerprint density at radius 2 is 2.08 bits per heavy atom. The highest BCUT2D eigenvalue weighted by Gasteiger charge is 2.31. The van der Waals surface area contributed by atoms with Gasteiger partial charge in [0.25, 0.3) is 0 Å². The van der Waals surface area contributed by atoms with Gasteiger partial charge in [0.2, 0.25) is 0 Å². The Hall–Kier alpha value is -2.47. The number of pyridine rings is 1. The smallest absolute Gasteiger partial charge is 0.140 e. The van der Waals surface area contributed by atoms with E-state index in [2.05, 4.69) is 35.8 Å². The lowest BCUT2D eigenvalue weighted by Gasteiger charge is -2.39. The van der Waals surface area contributed by atoms with Gasteiger partial charge in [-0.1, -0.05) is 0 Å². The van der Waals surface area contributed by atoms with Crippen LogP contribution >= 0.6 is 0 Å². The summed E-state index contributed by atoms with van der Waals surface area (Å²) in [6.45, 7) is 4.60. The van der Waals surface area contributed by atoms with E-state index in [1.165, 1.54) is 30.5 Å². The molecule has 122 valence electrons. The lowest BCUT2D eigenvalue weighted by atomic mass is 10.1. The van der Waals surface area contributed by atoms with E-state index in [1.807, 2.05) is 18.5 Å². The van der Waals surface area contributed by atoms with E-state index in [0.717, 1.165) is 36.5 Å². The zero-order valence-electron chi connectivity index (χ0n) is 13.5. The molecule has 0 aromatic carbocycles. The minimum Gasteiger partial charge on any atom is -0.368 e. The highest BCUT2D eigenvalue weighted by atomic mass is 15.3. The molecule has 3 aromatic rings. The average molecular weight is 320 g/mol. The lowest BCUT2D eigenvalue weighted by Crippen LogP contribution is -2.50. The number of aromatic amines is 1. The number of aromatic nitrogens is 4. The number of rotatable bonds is 2. The van der Waals surface area contributed by atoms with Crippen molar-refractivity contribution in [3.63, 3.8) is 0 Å². The SMILES string of the molecule is c1cc(-c2c[nH]c3nccc(N4CCN5CCCC5C4)c23)ncn1. The van der Waals surface area contributed by atoms with Crippen LogP contribution in [0.15, 0.2) is 37.1 Å². The Morgan fingerprint density at radius 3 is 3.00 bits per heavy atom. The minimum absolute atomic E-state index is 0.698. The van der Waals surface area contributed by atoms with Crippen molar-refractivity contribution in [2.75, 3.05) is 31.1 Å². The van der Waals surface area contributed by atoms with Crippen molar-refractivity contribution in [1.29, 1.82) is 0 Å². The van der Waals surface area contributed by atoms with E-state index in [9.17, 15) is 0 Å². The quantitative estimate of drug-likeness (QED) is 0.785. The van der Waals surface area contributed by atoms with Crippen LogP contribution < -0.4 is 4.90 Å². The molecule has 2 saturated heterocycles. The van der Waals surface area contributed by atoms with Crippen LogP contribution in [-0.4, -0.2) is 57.1 Å². The number of anilines is 1. The molecule has 5 heterocycles. The van der Waals surface area contributed by atoms with Gasteiger partial charge < -0.3 is 9.88 Å². The summed E-state index contributed by atoms with van der Waals surface area (Å²) in [5.41, 5.74) is 4.23. The van der Waals surface area contributed by atoms with E-state index < -0.39 is 0 Å². The molecular formula is C18H20N6. The van der Waals surface area contributed by atoms with Crippen molar-refractivity contribution in [3.05, 3.63) is 37.1 Å². The Bertz CT molecular complexity index is 858. The van der Waals surface area contributed by atoms with Crippen molar-refractivity contribution in [3.8, 4) is 11.3 Å². The summed E-state index contributed by atoms with van der Waals surface area (Å²) in [7, 11) is 0.